The standard InChI is InChI=1S/C13H15NO3/c1-3-15-11-7-5-10(6-8-11)13-14-9-12(17-13)16-4-2/h5-9H,3-4H2,1-2H3. The minimum atomic E-state index is 0.441. The van der Waals surface area contributed by atoms with Gasteiger partial charge in [0.2, 0.25) is 5.89 Å². The van der Waals surface area contributed by atoms with E-state index in [2.05, 4.69) is 4.98 Å². The van der Waals surface area contributed by atoms with Crippen molar-refractivity contribution in [3.8, 4) is 23.1 Å². The van der Waals surface area contributed by atoms with Crippen LogP contribution in [-0.2, 0) is 0 Å². The van der Waals surface area contributed by atoms with Crippen LogP contribution in [0.4, 0.5) is 0 Å². The average Bonchev–Trinajstić information content (AvgIpc) is 2.80. The van der Waals surface area contributed by atoms with Gasteiger partial charge in [-0.25, -0.2) is 4.98 Å². The van der Waals surface area contributed by atoms with Crippen LogP contribution in [0.15, 0.2) is 34.9 Å². The molecule has 0 fully saturated rings. The van der Waals surface area contributed by atoms with Crippen LogP contribution < -0.4 is 9.47 Å². The lowest BCUT2D eigenvalue weighted by atomic mass is 10.2. The summed E-state index contributed by atoms with van der Waals surface area (Å²) in [5.74, 6) is 1.83. The molecule has 1 aromatic carbocycles. The third-order valence-corrected chi connectivity index (χ3v) is 2.18. The quantitative estimate of drug-likeness (QED) is 0.795. The summed E-state index contributed by atoms with van der Waals surface area (Å²) < 4.78 is 16.0. The Morgan fingerprint density at radius 3 is 2.41 bits per heavy atom. The molecule has 0 aliphatic carbocycles. The Morgan fingerprint density at radius 2 is 1.76 bits per heavy atom. The first-order valence-corrected chi connectivity index (χ1v) is 5.65. The third kappa shape index (κ3) is 2.78. The summed E-state index contributed by atoms with van der Waals surface area (Å²) in [6, 6.07) is 7.60. The molecule has 4 heteroatoms. The van der Waals surface area contributed by atoms with Gasteiger partial charge in [0.1, 0.15) is 11.9 Å². The van der Waals surface area contributed by atoms with E-state index in [0.717, 1.165) is 11.3 Å². The van der Waals surface area contributed by atoms with E-state index in [1.807, 2.05) is 38.1 Å². The molecule has 1 aromatic heterocycles. The Bertz CT molecular complexity index is 462. The number of oxazole rings is 1. The number of benzene rings is 1. The van der Waals surface area contributed by atoms with E-state index in [9.17, 15) is 0 Å². The van der Waals surface area contributed by atoms with Gasteiger partial charge in [-0.05, 0) is 38.1 Å². The predicted octanol–water partition coefficient (Wildman–Crippen LogP) is 3.14. The van der Waals surface area contributed by atoms with E-state index < -0.39 is 0 Å². The zero-order valence-corrected chi connectivity index (χ0v) is 9.97. The fourth-order valence-electron chi connectivity index (χ4n) is 1.46. The lowest BCUT2D eigenvalue weighted by molar-refractivity contribution is 0.260. The number of hydrogen-bond donors (Lipinski definition) is 0. The lowest BCUT2D eigenvalue weighted by Gasteiger charge is -2.02. The SMILES string of the molecule is CCOc1ccc(-c2ncc(OCC)o2)cc1. The summed E-state index contributed by atoms with van der Waals surface area (Å²) in [4.78, 5) is 4.15. The molecule has 0 spiro atoms. The van der Waals surface area contributed by atoms with Gasteiger partial charge >= 0.3 is 5.95 Å². The first-order valence-electron chi connectivity index (χ1n) is 5.65. The van der Waals surface area contributed by atoms with Crippen LogP contribution in [0.2, 0.25) is 0 Å². The molecule has 0 aliphatic heterocycles. The number of nitrogens with zero attached hydrogens (tertiary/aromatic N) is 1. The van der Waals surface area contributed by atoms with Gasteiger partial charge in [0.15, 0.2) is 0 Å². The molecule has 0 aliphatic rings. The lowest BCUT2D eigenvalue weighted by Crippen LogP contribution is -1.90. The van der Waals surface area contributed by atoms with Crippen LogP contribution in [0.25, 0.3) is 11.5 Å². The van der Waals surface area contributed by atoms with Crippen molar-refractivity contribution < 1.29 is 13.9 Å². The Labute approximate surface area is 100 Å². The van der Waals surface area contributed by atoms with Gasteiger partial charge in [-0.1, -0.05) is 0 Å². The van der Waals surface area contributed by atoms with Gasteiger partial charge in [-0.15, -0.1) is 0 Å². The van der Waals surface area contributed by atoms with Gasteiger partial charge in [0, 0.05) is 5.56 Å². The van der Waals surface area contributed by atoms with Crippen molar-refractivity contribution in [3.63, 3.8) is 0 Å². The zero-order valence-electron chi connectivity index (χ0n) is 9.97. The summed E-state index contributed by atoms with van der Waals surface area (Å²) in [7, 11) is 0. The normalized spacial score (nSPS) is 10.2. The zero-order chi connectivity index (χ0) is 12.1. The highest BCUT2D eigenvalue weighted by Crippen LogP contribution is 2.24. The van der Waals surface area contributed by atoms with Gasteiger partial charge in [0.05, 0.1) is 13.2 Å². The number of hydrogen-bond acceptors (Lipinski definition) is 4. The predicted molar refractivity (Wildman–Crippen MR) is 64.3 cm³/mol. The second-order valence-corrected chi connectivity index (χ2v) is 3.37. The van der Waals surface area contributed by atoms with Crippen LogP contribution in [0, 0.1) is 0 Å². The smallest absolute Gasteiger partial charge is 0.305 e. The highest BCUT2D eigenvalue weighted by atomic mass is 16.6. The van der Waals surface area contributed by atoms with Crippen molar-refractivity contribution in [2.45, 2.75) is 13.8 Å². The summed E-state index contributed by atoms with van der Waals surface area (Å²) >= 11 is 0. The molecule has 0 bridgehead atoms. The Hall–Kier alpha value is -1.97. The molecule has 17 heavy (non-hydrogen) atoms. The van der Waals surface area contributed by atoms with Crippen LogP contribution in [0.5, 0.6) is 11.7 Å². The maximum absolute atomic E-state index is 5.44. The van der Waals surface area contributed by atoms with E-state index in [4.69, 9.17) is 13.9 Å². The average molecular weight is 233 g/mol. The van der Waals surface area contributed by atoms with E-state index in [0.29, 0.717) is 25.1 Å². The molecule has 4 nitrogen and oxygen atoms in total. The summed E-state index contributed by atoms with van der Waals surface area (Å²) in [5, 5.41) is 0. The topological polar surface area (TPSA) is 44.5 Å². The van der Waals surface area contributed by atoms with Crippen molar-refractivity contribution in [3.05, 3.63) is 30.5 Å². The second kappa shape index (κ2) is 5.39. The molecule has 0 saturated heterocycles. The molecular weight excluding hydrogens is 218 g/mol. The van der Waals surface area contributed by atoms with Crippen molar-refractivity contribution in [2.24, 2.45) is 0 Å². The Kier molecular flexibility index (Phi) is 3.65. The van der Waals surface area contributed by atoms with Crippen LogP contribution in [-0.4, -0.2) is 18.2 Å². The summed E-state index contributed by atoms with van der Waals surface area (Å²) in [6.07, 6.45) is 1.58. The van der Waals surface area contributed by atoms with Gasteiger partial charge < -0.3 is 13.9 Å². The highest BCUT2D eigenvalue weighted by Gasteiger charge is 2.06. The molecule has 90 valence electrons. The van der Waals surface area contributed by atoms with E-state index in [1.165, 1.54) is 0 Å². The molecule has 0 amide bonds. The second-order valence-electron chi connectivity index (χ2n) is 3.37. The Morgan fingerprint density at radius 1 is 1.06 bits per heavy atom. The largest absolute Gasteiger partial charge is 0.494 e. The Balaban J connectivity index is 2.15. The summed E-state index contributed by atoms with van der Waals surface area (Å²) in [6.45, 7) is 5.08. The molecule has 2 aromatic rings. The van der Waals surface area contributed by atoms with E-state index in [1.54, 1.807) is 6.20 Å². The molecule has 0 radical (unpaired) electrons. The first-order chi connectivity index (χ1) is 8.33. The number of rotatable bonds is 5. The number of ether oxygens (including phenoxy) is 2. The summed E-state index contributed by atoms with van der Waals surface area (Å²) in [5.41, 5.74) is 0.902. The molecule has 1 heterocycles. The minimum absolute atomic E-state index is 0.441. The molecule has 0 saturated carbocycles. The first kappa shape index (κ1) is 11.5. The maximum atomic E-state index is 5.44. The fourth-order valence-corrected chi connectivity index (χ4v) is 1.46. The highest BCUT2D eigenvalue weighted by molar-refractivity contribution is 5.54. The number of aromatic nitrogens is 1. The van der Waals surface area contributed by atoms with Crippen molar-refractivity contribution >= 4 is 0 Å². The molecule has 0 atom stereocenters. The van der Waals surface area contributed by atoms with E-state index >= 15 is 0 Å². The molecular formula is C13H15NO3. The molecule has 0 N–H and O–H groups in total. The van der Waals surface area contributed by atoms with Crippen LogP contribution in [0.1, 0.15) is 13.8 Å². The fraction of sp³-hybridized carbons (Fsp3) is 0.308. The van der Waals surface area contributed by atoms with Gasteiger partial charge in [-0.2, -0.15) is 0 Å². The minimum Gasteiger partial charge on any atom is -0.494 e. The van der Waals surface area contributed by atoms with Crippen molar-refractivity contribution in [1.82, 2.24) is 4.98 Å². The maximum Gasteiger partial charge on any atom is 0.305 e. The molecule has 2 rings (SSSR count). The third-order valence-electron chi connectivity index (χ3n) is 2.18. The van der Waals surface area contributed by atoms with Crippen LogP contribution in [0.3, 0.4) is 0 Å². The van der Waals surface area contributed by atoms with Crippen LogP contribution >= 0.6 is 0 Å². The van der Waals surface area contributed by atoms with Gasteiger partial charge in [-0.3, -0.25) is 0 Å². The van der Waals surface area contributed by atoms with E-state index in [-0.39, 0.29) is 0 Å². The van der Waals surface area contributed by atoms with Gasteiger partial charge in [0.25, 0.3) is 0 Å². The van der Waals surface area contributed by atoms with Crippen molar-refractivity contribution in [1.29, 1.82) is 0 Å². The monoisotopic (exact) mass is 233 g/mol. The molecule has 0 unspecified atom stereocenters. The van der Waals surface area contributed by atoms with Crippen molar-refractivity contribution in [2.75, 3.05) is 13.2 Å².